The van der Waals surface area contributed by atoms with Crippen LogP contribution < -0.4 is 5.32 Å². The van der Waals surface area contributed by atoms with Crippen molar-refractivity contribution >= 4 is 17.3 Å². The normalized spacial score (nSPS) is 20.0. The van der Waals surface area contributed by atoms with Crippen LogP contribution >= 0.6 is 12.2 Å². The van der Waals surface area contributed by atoms with Crippen LogP contribution in [0.25, 0.3) is 0 Å². The van der Waals surface area contributed by atoms with E-state index in [0.717, 1.165) is 23.9 Å². The number of nitrogens with one attached hydrogen (secondary N) is 1. The number of aromatic nitrogens is 2. The zero-order valence-electron chi connectivity index (χ0n) is 17.2. The van der Waals surface area contributed by atoms with Crippen molar-refractivity contribution in [1.29, 1.82) is 0 Å². The highest BCUT2D eigenvalue weighted by atomic mass is 32.1. The highest BCUT2D eigenvalue weighted by Gasteiger charge is 2.41. The molecule has 5 nitrogen and oxygen atoms in total. The Balaban J connectivity index is 2.06. The summed E-state index contributed by atoms with van der Waals surface area (Å²) in [6.07, 6.45) is 1.86. The van der Waals surface area contributed by atoms with Crippen molar-refractivity contribution in [3.05, 3.63) is 53.1 Å². The fourth-order valence-corrected chi connectivity index (χ4v) is 4.52. The predicted octanol–water partition coefficient (Wildman–Crippen LogP) is 3.61. The van der Waals surface area contributed by atoms with E-state index in [-0.39, 0.29) is 12.1 Å². The van der Waals surface area contributed by atoms with Gasteiger partial charge < -0.3 is 19.7 Å². The summed E-state index contributed by atoms with van der Waals surface area (Å²) < 4.78 is 2.41. The van der Waals surface area contributed by atoms with Gasteiger partial charge in [-0.05, 0) is 77.8 Å². The van der Waals surface area contributed by atoms with Gasteiger partial charge in [-0.25, -0.2) is 0 Å². The smallest absolute Gasteiger partial charge is 0.170 e. The molecule has 0 bridgehead atoms. The molecule has 2 aromatic rings. The van der Waals surface area contributed by atoms with Crippen LogP contribution in [0.1, 0.15) is 54.6 Å². The van der Waals surface area contributed by atoms with Gasteiger partial charge in [0.2, 0.25) is 0 Å². The molecule has 0 saturated carbocycles. The number of hydrogen-bond donors (Lipinski definition) is 1. The van der Waals surface area contributed by atoms with E-state index in [9.17, 15) is 0 Å². The number of aryl methyl sites for hydroxylation is 1. The minimum atomic E-state index is 0.0574. The lowest BCUT2D eigenvalue weighted by molar-refractivity contribution is 0.276. The molecule has 0 aliphatic carbocycles. The first-order valence-corrected chi connectivity index (χ1v) is 10.0. The maximum Gasteiger partial charge on any atom is 0.170 e. The molecule has 0 aromatic carbocycles. The molecule has 1 saturated heterocycles. The third-order valence-electron chi connectivity index (χ3n) is 5.34. The quantitative estimate of drug-likeness (QED) is 0.769. The zero-order valence-corrected chi connectivity index (χ0v) is 18.0. The third kappa shape index (κ3) is 3.87. The van der Waals surface area contributed by atoms with Gasteiger partial charge in [0.25, 0.3) is 0 Å². The fourth-order valence-electron chi connectivity index (χ4n) is 4.19. The van der Waals surface area contributed by atoms with Crippen molar-refractivity contribution in [3.63, 3.8) is 0 Å². The van der Waals surface area contributed by atoms with Gasteiger partial charge in [0.05, 0.1) is 17.8 Å². The van der Waals surface area contributed by atoms with E-state index in [4.69, 9.17) is 12.2 Å². The summed E-state index contributed by atoms with van der Waals surface area (Å²) in [6, 6.07) is 9.06. The van der Waals surface area contributed by atoms with Crippen LogP contribution in [-0.4, -0.2) is 51.6 Å². The summed E-state index contributed by atoms with van der Waals surface area (Å²) >= 11 is 5.74. The topological polar surface area (TPSA) is 36.3 Å². The first-order valence-electron chi connectivity index (χ1n) is 9.62. The summed E-state index contributed by atoms with van der Waals surface area (Å²) in [7, 11) is 4.20. The summed E-state index contributed by atoms with van der Waals surface area (Å²) in [5.74, 6) is 0. The maximum absolute atomic E-state index is 5.74. The molecule has 1 aliphatic rings. The minimum Gasteiger partial charge on any atom is -0.352 e. The Morgan fingerprint density at radius 1 is 1.26 bits per heavy atom. The Morgan fingerprint density at radius 2 is 2.00 bits per heavy atom. The molecule has 6 heteroatoms. The van der Waals surface area contributed by atoms with E-state index >= 15 is 0 Å². The Bertz CT molecular complexity index is 796. The van der Waals surface area contributed by atoms with Crippen molar-refractivity contribution in [2.45, 2.75) is 45.8 Å². The van der Waals surface area contributed by atoms with E-state index in [2.05, 4.69) is 78.6 Å². The summed E-state index contributed by atoms with van der Waals surface area (Å²) in [6.45, 7) is 10.7. The molecule has 2 aromatic heterocycles. The second-order valence-electron chi connectivity index (χ2n) is 7.91. The molecule has 1 aliphatic heterocycles. The molecule has 2 atom stereocenters. The predicted molar refractivity (Wildman–Crippen MR) is 115 cm³/mol. The number of rotatable bonds is 6. The maximum atomic E-state index is 5.74. The van der Waals surface area contributed by atoms with Crippen LogP contribution in [0.3, 0.4) is 0 Å². The van der Waals surface area contributed by atoms with E-state index < -0.39 is 0 Å². The minimum absolute atomic E-state index is 0.0574. The first kappa shape index (κ1) is 19.8. The third-order valence-corrected chi connectivity index (χ3v) is 5.70. The molecule has 0 radical (unpaired) electrons. The van der Waals surface area contributed by atoms with Crippen molar-refractivity contribution in [1.82, 2.24) is 24.7 Å². The number of thiocarbonyl (C=S) groups is 1. The van der Waals surface area contributed by atoms with Crippen LogP contribution in [0.5, 0.6) is 0 Å². The Labute approximate surface area is 168 Å². The summed E-state index contributed by atoms with van der Waals surface area (Å²) in [5.41, 5.74) is 4.98. The monoisotopic (exact) mass is 385 g/mol. The van der Waals surface area contributed by atoms with Crippen molar-refractivity contribution in [2.24, 2.45) is 0 Å². The molecule has 3 heterocycles. The lowest BCUT2D eigenvalue weighted by Crippen LogP contribution is -2.35. The van der Waals surface area contributed by atoms with E-state index in [1.165, 1.54) is 17.0 Å². The molecule has 0 unspecified atom stereocenters. The van der Waals surface area contributed by atoms with Crippen molar-refractivity contribution < 1.29 is 0 Å². The lowest BCUT2D eigenvalue weighted by Gasteiger charge is -2.29. The Hall–Kier alpha value is -1.92. The molecule has 1 N–H and O–H groups in total. The van der Waals surface area contributed by atoms with Crippen LogP contribution in [0.2, 0.25) is 0 Å². The van der Waals surface area contributed by atoms with Crippen LogP contribution in [-0.2, 0) is 0 Å². The van der Waals surface area contributed by atoms with Gasteiger partial charge in [0.1, 0.15) is 0 Å². The zero-order chi connectivity index (χ0) is 19.7. The number of likely N-dealkylation sites (N-methyl/N-ethyl adjacent to an activating group) is 1. The Morgan fingerprint density at radius 3 is 2.56 bits per heavy atom. The molecule has 27 heavy (non-hydrogen) atoms. The highest BCUT2D eigenvalue weighted by Crippen LogP contribution is 2.41. The van der Waals surface area contributed by atoms with Crippen molar-refractivity contribution in [3.8, 4) is 0 Å². The average Bonchev–Trinajstić information content (AvgIpc) is 3.09. The number of nitrogens with zero attached hydrogens (tertiary/aromatic N) is 4. The van der Waals surface area contributed by atoms with Gasteiger partial charge in [-0.3, -0.25) is 4.98 Å². The van der Waals surface area contributed by atoms with Gasteiger partial charge in [0.15, 0.2) is 5.11 Å². The molecule has 1 fully saturated rings. The number of pyridine rings is 1. The first-order chi connectivity index (χ1) is 12.8. The van der Waals surface area contributed by atoms with E-state index in [0.29, 0.717) is 6.04 Å². The molecule has 3 rings (SSSR count). The lowest BCUT2D eigenvalue weighted by atomic mass is 9.96. The highest BCUT2D eigenvalue weighted by molar-refractivity contribution is 7.80. The van der Waals surface area contributed by atoms with Gasteiger partial charge >= 0.3 is 0 Å². The van der Waals surface area contributed by atoms with Crippen molar-refractivity contribution in [2.75, 3.05) is 27.2 Å². The average molecular weight is 386 g/mol. The van der Waals surface area contributed by atoms with Gasteiger partial charge in [-0.2, -0.15) is 0 Å². The fraction of sp³-hybridized carbons (Fsp3) is 0.524. The van der Waals surface area contributed by atoms with E-state index in [1.54, 1.807) is 0 Å². The van der Waals surface area contributed by atoms with E-state index in [1.807, 2.05) is 18.3 Å². The Kier molecular flexibility index (Phi) is 5.86. The molecule has 0 spiro atoms. The van der Waals surface area contributed by atoms with Crippen LogP contribution in [0.4, 0.5) is 0 Å². The molecule has 146 valence electrons. The molecule has 0 amide bonds. The van der Waals surface area contributed by atoms with Gasteiger partial charge in [-0.15, -0.1) is 0 Å². The molecular weight excluding hydrogens is 354 g/mol. The largest absolute Gasteiger partial charge is 0.352 e. The SMILES string of the molecule is Cc1cc([C@H]2[C@@H](c3ccccn3)NC(=S)N2CCN(C)C)c(C)n1C(C)C. The summed E-state index contributed by atoms with van der Waals surface area (Å²) in [4.78, 5) is 9.16. The number of hydrogen-bond acceptors (Lipinski definition) is 3. The van der Waals surface area contributed by atoms with Gasteiger partial charge in [-0.1, -0.05) is 6.07 Å². The van der Waals surface area contributed by atoms with Crippen LogP contribution in [0, 0.1) is 13.8 Å². The standard InChI is InChI=1S/C21H31N5S/c1-14(2)26-15(3)13-17(16(26)4)20-19(18-9-7-8-10-22-18)23-21(27)25(20)12-11-24(5)6/h7-10,13-14,19-20H,11-12H2,1-6H3,(H,23,27)/t19-,20+/m1/s1. The molecular formula is C21H31N5S. The second-order valence-corrected chi connectivity index (χ2v) is 8.30. The van der Waals surface area contributed by atoms with Gasteiger partial charge in [0, 0.05) is 36.7 Å². The van der Waals surface area contributed by atoms with Crippen LogP contribution in [0.15, 0.2) is 30.5 Å². The summed E-state index contributed by atoms with van der Waals surface area (Å²) in [5, 5.41) is 4.36. The second kappa shape index (κ2) is 7.98.